The first kappa shape index (κ1) is 16.5. The third-order valence-corrected chi connectivity index (χ3v) is 4.97. The molecule has 0 spiro atoms. The molecule has 0 amide bonds. The molecule has 0 fully saturated rings. The molecule has 1 atom stereocenters. The highest BCUT2D eigenvalue weighted by molar-refractivity contribution is 6.48. The van der Waals surface area contributed by atoms with Gasteiger partial charge in [0.15, 0.2) is 6.17 Å². The van der Waals surface area contributed by atoms with Crippen LogP contribution in [0.3, 0.4) is 0 Å². The van der Waals surface area contributed by atoms with E-state index in [1.807, 2.05) is 24.3 Å². The monoisotopic (exact) mass is 395 g/mol. The summed E-state index contributed by atoms with van der Waals surface area (Å²) in [5, 5.41) is 13.1. The summed E-state index contributed by atoms with van der Waals surface area (Å²) in [5.74, 6) is 0.699. The first-order valence-corrected chi connectivity index (χ1v) is 8.55. The number of fused-ring (bicyclic) bond motifs is 1. The molecular formula is C16H12Cl3N5O. The van der Waals surface area contributed by atoms with E-state index in [1.54, 1.807) is 12.1 Å². The summed E-state index contributed by atoms with van der Waals surface area (Å²) in [6.45, 7) is 0.587. The van der Waals surface area contributed by atoms with Crippen molar-refractivity contribution in [1.29, 1.82) is 0 Å². The number of furan rings is 1. The average molecular weight is 397 g/mol. The number of nitrogens with zero attached hydrogens (tertiary/aromatic N) is 2. The molecule has 0 saturated heterocycles. The summed E-state index contributed by atoms with van der Waals surface area (Å²) in [6, 6.07) is 11.4. The molecule has 25 heavy (non-hydrogen) atoms. The number of rotatable bonds is 4. The number of benzene rings is 2. The normalized spacial score (nSPS) is 16.4. The standard InChI is InChI=1S/C16H12Cl3N5O/c17-11-5-10(6-12(18)15(11)19)20-7-8-1-2-9-4-14(25-13(9)3-8)16-21-23-24-22-16/h1-6,16,20H,7H2,(H,21,24)(H,22,23). The number of hydrogen-bond donors (Lipinski definition) is 3. The summed E-state index contributed by atoms with van der Waals surface area (Å²) >= 11 is 18.1. The van der Waals surface area contributed by atoms with Crippen molar-refractivity contribution in [3.63, 3.8) is 0 Å². The lowest BCUT2D eigenvalue weighted by Crippen LogP contribution is -2.23. The van der Waals surface area contributed by atoms with E-state index in [1.165, 1.54) is 0 Å². The number of hydrazine groups is 1. The lowest BCUT2D eigenvalue weighted by atomic mass is 10.1. The minimum atomic E-state index is -0.313. The van der Waals surface area contributed by atoms with Gasteiger partial charge in [0.05, 0.1) is 15.1 Å². The average Bonchev–Trinajstić information content (AvgIpc) is 3.26. The Morgan fingerprint density at radius 1 is 1.08 bits per heavy atom. The fraction of sp³-hybridized carbons (Fsp3) is 0.125. The minimum Gasteiger partial charge on any atom is -0.457 e. The zero-order valence-electron chi connectivity index (χ0n) is 12.7. The Bertz CT molecular complexity index is 949. The van der Waals surface area contributed by atoms with E-state index in [2.05, 4.69) is 26.6 Å². The van der Waals surface area contributed by atoms with E-state index < -0.39 is 0 Å². The Labute approximate surface area is 158 Å². The predicted octanol–water partition coefficient (Wildman–Crippen LogP) is 5.48. The van der Waals surface area contributed by atoms with E-state index in [9.17, 15) is 0 Å². The van der Waals surface area contributed by atoms with Gasteiger partial charge in [-0.3, -0.25) is 0 Å². The van der Waals surface area contributed by atoms with Crippen molar-refractivity contribution < 1.29 is 4.42 Å². The topological polar surface area (TPSA) is 74.0 Å². The van der Waals surface area contributed by atoms with Crippen molar-refractivity contribution in [1.82, 2.24) is 11.0 Å². The lowest BCUT2D eigenvalue weighted by molar-refractivity contribution is 0.446. The fourth-order valence-electron chi connectivity index (χ4n) is 2.54. The van der Waals surface area contributed by atoms with Gasteiger partial charge in [0.25, 0.3) is 0 Å². The van der Waals surface area contributed by atoms with Crippen LogP contribution in [-0.4, -0.2) is 0 Å². The molecule has 3 aromatic rings. The molecule has 0 radical (unpaired) electrons. The highest BCUT2D eigenvalue weighted by atomic mass is 35.5. The molecule has 3 N–H and O–H groups in total. The molecule has 4 rings (SSSR count). The molecule has 1 unspecified atom stereocenters. The first-order valence-electron chi connectivity index (χ1n) is 7.41. The van der Waals surface area contributed by atoms with Crippen LogP contribution in [0.1, 0.15) is 17.5 Å². The second kappa shape index (κ2) is 6.72. The van der Waals surface area contributed by atoms with Crippen LogP contribution in [0.2, 0.25) is 15.1 Å². The third-order valence-electron chi connectivity index (χ3n) is 3.78. The van der Waals surface area contributed by atoms with Crippen LogP contribution in [-0.2, 0) is 6.54 Å². The van der Waals surface area contributed by atoms with Gasteiger partial charge in [-0.15, -0.1) is 5.11 Å². The quantitative estimate of drug-likeness (QED) is 0.511. The molecule has 1 aliphatic heterocycles. The zero-order chi connectivity index (χ0) is 17.4. The summed E-state index contributed by atoms with van der Waals surface area (Å²) in [6.07, 6.45) is -0.313. The minimum absolute atomic E-state index is 0.313. The van der Waals surface area contributed by atoms with Crippen LogP contribution >= 0.6 is 34.8 Å². The Morgan fingerprint density at radius 3 is 2.60 bits per heavy atom. The maximum atomic E-state index is 6.04. The summed E-state index contributed by atoms with van der Waals surface area (Å²) < 4.78 is 5.85. The van der Waals surface area contributed by atoms with Gasteiger partial charge < -0.3 is 9.73 Å². The van der Waals surface area contributed by atoms with Gasteiger partial charge >= 0.3 is 0 Å². The van der Waals surface area contributed by atoms with E-state index >= 15 is 0 Å². The van der Waals surface area contributed by atoms with Crippen LogP contribution in [0.25, 0.3) is 11.0 Å². The van der Waals surface area contributed by atoms with E-state index in [0.29, 0.717) is 27.4 Å². The fourth-order valence-corrected chi connectivity index (χ4v) is 3.13. The van der Waals surface area contributed by atoms with Gasteiger partial charge in [-0.05, 0) is 29.8 Å². The second-order valence-corrected chi connectivity index (χ2v) is 6.69. The molecule has 6 nitrogen and oxygen atoms in total. The molecule has 128 valence electrons. The predicted molar refractivity (Wildman–Crippen MR) is 98.9 cm³/mol. The van der Waals surface area contributed by atoms with Crippen molar-refractivity contribution >= 4 is 51.5 Å². The molecule has 1 aliphatic rings. The molecule has 2 aromatic carbocycles. The van der Waals surface area contributed by atoms with Gasteiger partial charge in [-0.25, -0.2) is 5.53 Å². The summed E-state index contributed by atoms with van der Waals surface area (Å²) in [4.78, 5) is 0. The number of nitrogens with one attached hydrogen (secondary N) is 3. The zero-order valence-corrected chi connectivity index (χ0v) is 15.0. The van der Waals surface area contributed by atoms with Crippen molar-refractivity contribution in [3.8, 4) is 0 Å². The van der Waals surface area contributed by atoms with E-state index in [4.69, 9.17) is 39.2 Å². The van der Waals surface area contributed by atoms with Crippen LogP contribution in [0.4, 0.5) is 5.69 Å². The number of anilines is 1. The highest BCUT2D eigenvalue weighted by Crippen LogP contribution is 2.33. The largest absolute Gasteiger partial charge is 0.457 e. The Balaban J connectivity index is 1.52. The van der Waals surface area contributed by atoms with Gasteiger partial charge in [0.2, 0.25) is 0 Å². The Morgan fingerprint density at radius 2 is 1.88 bits per heavy atom. The third kappa shape index (κ3) is 3.39. The molecule has 1 aromatic heterocycles. The summed E-state index contributed by atoms with van der Waals surface area (Å²) in [7, 11) is 0. The van der Waals surface area contributed by atoms with Crippen LogP contribution in [0.5, 0.6) is 0 Å². The van der Waals surface area contributed by atoms with Crippen molar-refractivity contribution in [2.45, 2.75) is 12.7 Å². The van der Waals surface area contributed by atoms with Crippen LogP contribution < -0.4 is 16.3 Å². The van der Waals surface area contributed by atoms with Gasteiger partial charge in [-0.2, -0.15) is 5.43 Å². The van der Waals surface area contributed by atoms with Crippen LogP contribution in [0.15, 0.2) is 51.2 Å². The van der Waals surface area contributed by atoms with Gasteiger partial charge in [0.1, 0.15) is 11.3 Å². The highest BCUT2D eigenvalue weighted by Gasteiger charge is 2.18. The van der Waals surface area contributed by atoms with E-state index in [-0.39, 0.29) is 6.17 Å². The van der Waals surface area contributed by atoms with Gasteiger partial charge in [0, 0.05) is 17.6 Å². The van der Waals surface area contributed by atoms with Crippen molar-refractivity contribution in [2.75, 3.05) is 5.32 Å². The molecule has 2 heterocycles. The molecule has 0 aliphatic carbocycles. The molecule has 0 saturated carbocycles. The Kier molecular flexibility index (Phi) is 4.43. The number of halogens is 3. The number of hydrogen-bond acceptors (Lipinski definition) is 6. The maximum absolute atomic E-state index is 6.04. The van der Waals surface area contributed by atoms with Crippen molar-refractivity contribution in [2.24, 2.45) is 10.3 Å². The second-order valence-electron chi connectivity index (χ2n) is 5.50. The van der Waals surface area contributed by atoms with Crippen molar-refractivity contribution in [3.05, 3.63) is 62.8 Å². The molecule has 9 heteroatoms. The molecule has 0 bridgehead atoms. The van der Waals surface area contributed by atoms with Crippen LogP contribution in [0, 0.1) is 0 Å². The van der Waals surface area contributed by atoms with Gasteiger partial charge in [-0.1, -0.05) is 52.2 Å². The first-order chi connectivity index (χ1) is 12.1. The molecular weight excluding hydrogens is 385 g/mol. The Hall–Kier alpha value is -1.99. The van der Waals surface area contributed by atoms with E-state index in [0.717, 1.165) is 22.2 Å². The SMILES string of the molecule is Clc1cc(NCc2ccc3cc(C4N=NNN4)oc3c2)cc(Cl)c1Cl. The maximum Gasteiger partial charge on any atom is 0.198 e. The lowest BCUT2D eigenvalue weighted by Gasteiger charge is -2.09. The smallest absolute Gasteiger partial charge is 0.198 e. The summed E-state index contributed by atoms with van der Waals surface area (Å²) in [5.41, 5.74) is 8.10.